The Morgan fingerprint density at radius 1 is 1.00 bits per heavy atom. The molecule has 0 saturated carbocycles. The van der Waals surface area contributed by atoms with Gasteiger partial charge in [0.25, 0.3) is 11.4 Å². The molecule has 36 heavy (non-hydrogen) atoms. The van der Waals surface area contributed by atoms with Crippen molar-refractivity contribution in [1.29, 1.82) is 0 Å². The third-order valence-corrected chi connectivity index (χ3v) is 4.68. The summed E-state index contributed by atoms with van der Waals surface area (Å²) >= 11 is 0. The number of aromatic amines is 1. The van der Waals surface area contributed by atoms with Crippen LogP contribution in [0.25, 0.3) is 21.8 Å². The Bertz CT molecular complexity index is 1310. The number of nitrogens with one attached hydrogen (secondary N) is 2. The number of nitro benzene ring substituents is 2. The first-order chi connectivity index (χ1) is 17.3. The van der Waals surface area contributed by atoms with Crippen LogP contribution in [0.3, 0.4) is 0 Å². The molecule has 16 heteroatoms. The van der Waals surface area contributed by atoms with E-state index in [1.54, 1.807) is 13.1 Å². The molecule has 4 aromatic rings. The van der Waals surface area contributed by atoms with Gasteiger partial charge in [0.1, 0.15) is 6.20 Å². The van der Waals surface area contributed by atoms with Gasteiger partial charge in [-0.15, -0.1) is 0 Å². The number of anilines is 1. The van der Waals surface area contributed by atoms with Gasteiger partial charge in [-0.3, -0.25) is 25.3 Å². The second-order valence-corrected chi connectivity index (χ2v) is 6.92. The van der Waals surface area contributed by atoms with E-state index in [1.165, 1.54) is 50.2 Å². The number of benzene rings is 2. The third kappa shape index (κ3) is 7.15. The first-order valence-electron chi connectivity index (χ1n) is 10.5. The highest BCUT2D eigenvalue weighted by Gasteiger charge is 2.14. The molecule has 16 nitrogen and oxygen atoms in total. The molecule has 4 N–H and O–H groups in total. The monoisotopic (exact) mass is 503 g/mol. The smallest absolute Gasteiger partial charge is 0.270 e. The minimum Gasteiger partial charge on any atom is -0.381 e. The van der Waals surface area contributed by atoms with Gasteiger partial charge in [-0.1, -0.05) is 0 Å². The number of aromatic nitrogens is 4. The standard InChI is InChI=1S/C8H8N4O2.C7H4N4O4.C4H8O.CH5N/c1-9-8-6-4-5(12(13)14)2-3-7(6)10-11-8;12-10(13)6-1-2-7-5(3-6)4-9(8-7)11(14)15;1-2-4-5-3-1;1-2/h2-4H,1H3,(H2,9,10,11);1-4H;1-4H2;2H2,1H3. The van der Waals surface area contributed by atoms with Gasteiger partial charge in [-0.05, 0) is 32.0 Å². The van der Waals surface area contributed by atoms with Crippen LogP contribution < -0.4 is 11.1 Å². The average molecular weight is 503 g/mol. The van der Waals surface area contributed by atoms with Gasteiger partial charge in [-0.25, -0.2) is 0 Å². The number of rotatable bonds is 4. The summed E-state index contributed by atoms with van der Waals surface area (Å²) in [5.41, 5.74) is 5.57. The van der Waals surface area contributed by atoms with Crippen LogP contribution in [0.4, 0.5) is 17.2 Å². The van der Waals surface area contributed by atoms with E-state index in [2.05, 4.69) is 26.3 Å². The number of nitrogens with two attached hydrogens (primary N) is 1. The summed E-state index contributed by atoms with van der Waals surface area (Å²) in [4.78, 5) is 30.8. The fourth-order valence-electron chi connectivity index (χ4n) is 3.01. The summed E-state index contributed by atoms with van der Waals surface area (Å²) in [7, 11) is 3.22. The molecular formula is C20H25N9O7. The van der Waals surface area contributed by atoms with Crippen LogP contribution in [0.5, 0.6) is 0 Å². The highest BCUT2D eigenvalue weighted by atomic mass is 16.7. The summed E-state index contributed by atoms with van der Waals surface area (Å²) in [6.45, 7) is 2.00. The average Bonchev–Trinajstić information content (AvgIpc) is 3.66. The second kappa shape index (κ2) is 13.3. The molecule has 0 bridgehead atoms. The Morgan fingerprint density at radius 3 is 2.14 bits per heavy atom. The van der Waals surface area contributed by atoms with Crippen molar-refractivity contribution in [2.24, 2.45) is 5.73 Å². The molecule has 1 saturated heterocycles. The maximum absolute atomic E-state index is 10.5. The summed E-state index contributed by atoms with van der Waals surface area (Å²) in [6, 6.07) is 8.43. The van der Waals surface area contributed by atoms with E-state index in [0.717, 1.165) is 30.3 Å². The number of non-ortho nitro benzene ring substituents is 2. The van der Waals surface area contributed by atoms with Gasteiger partial charge < -0.3 is 25.9 Å². The molecule has 192 valence electrons. The van der Waals surface area contributed by atoms with E-state index in [4.69, 9.17) is 4.74 Å². The molecule has 0 amide bonds. The normalized spacial score (nSPS) is 11.9. The van der Waals surface area contributed by atoms with Gasteiger partial charge in [-0.2, -0.15) is 5.10 Å². The predicted molar refractivity (Wildman–Crippen MR) is 131 cm³/mol. The lowest BCUT2D eigenvalue weighted by Gasteiger charge is -1.94. The molecule has 3 heterocycles. The summed E-state index contributed by atoms with van der Waals surface area (Å²) in [5.74, 6) is 0.615. The molecule has 2 aromatic carbocycles. The lowest BCUT2D eigenvalue weighted by atomic mass is 10.2. The molecule has 0 spiro atoms. The van der Waals surface area contributed by atoms with Crippen molar-refractivity contribution in [1.82, 2.24) is 20.1 Å². The molecule has 0 aliphatic carbocycles. The number of nitrogens with zero attached hydrogens (tertiary/aromatic N) is 6. The van der Waals surface area contributed by atoms with Crippen LogP contribution in [-0.4, -0.2) is 62.3 Å². The van der Waals surface area contributed by atoms with Crippen molar-refractivity contribution in [2.45, 2.75) is 12.8 Å². The Labute approximate surface area is 203 Å². The Kier molecular flexibility index (Phi) is 10.1. The van der Waals surface area contributed by atoms with Gasteiger partial charge in [0.15, 0.2) is 5.82 Å². The van der Waals surface area contributed by atoms with Gasteiger partial charge in [0, 0.05) is 49.3 Å². The quantitative estimate of drug-likeness (QED) is 0.271. The Hall–Kier alpha value is -4.70. The fraction of sp³-hybridized carbons (Fsp3) is 0.300. The fourth-order valence-corrected chi connectivity index (χ4v) is 3.01. The molecule has 0 atom stereocenters. The largest absolute Gasteiger partial charge is 0.381 e. The predicted octanol–water partition coefficient (Wildman–Crippen LogP) is 2.87. The maximum atomic E-state index is 10.5. The highest BCUT2D eigenvalue weighted by molar-refractivity contribution is 5.91. The van der Waals surface area contributed by atoms with Crippen molar-refractivity contribution in [3.63, 3.8) is 0 Å². The number of nitro groups is 3. The van der Waals surface area contributed by atoms with Gasteiger partial charge in [0.2, 0.25) is 5.52 Å². The van der Waals surface area contributed by atoms with Crippen molar-refractivity contribution < 1.29 is 19.6 Å². The first kappa shape index (κ1) is 27.5. The zero-order chi connectivity index (χ0) is 26.7. The molecule has 1 aliphatic rings. The minimum atomic E-state index is -0.716. The number of H-pyrrole nitrogens is 1. The van der Waals surface area contributed by atoms with Crippen molar-refractivity contribution >= 4 is 39.0 Å². The second-order valence-electron chi connectivity index (χ2n) is 6.92. The van der Waals surface area contributed by atoms with Crippen LogP contribution in [0.1, 0.15) is 12.8 Å². The van der Waals surface area contributed by atoms with Crippen LogP contribution >= 0.6 is 0 Å². The van der Waals surface area contributed by atoms with Gasteiger partial charge in [0.05, 0.1) is 36.3 Å². The Morgan fingerprint density at radius 2 is 1.61 bits per heavy atom. The lowest BCUT2D eigenvalue weighted by Crippen LogP contribution is -2.07. The van der Waals surface area contributed by atoms with Crippen molar-refractivity contribution in [3.05, 3.63) is 72.9 Å². The first-order valence-corrected chi connectivity index (χ1v) is 10.5. The van der Waals surface area contributed by atoms with Crippen molar-refractivity contribution in [2.75, 3.05) is 32.6 Å². The molecular weight excluding hydrogens is 478 g/mol. The van der Waals surface area contributed by atoms with Crippen LogP contribution in [0.2, 0.25) is 0 Å². The van der Waals surface area contributed by atoms with E-state index in [1.807, 2.05) is 0 Å². The van der Waals surface area contributed by atoms with Gasteiger partial charge >= 0.3 is 0 Å². The van der Waals surface area contributed by atoms with E-state index in [0.29, 0.717) is 21.5 Å². The SMILES string of the molecule is C1CCOC1.CN.CNc1n[nH]c2ccc([N+](=O)[O-])cc12.O=[N+]([O-])c1ccc2nn([N+](=O)[O-])cc2c1. The lowest BCUT2D eigenvalue weighted by molar-refractivity contribution is -0.552. The summed E-state index contributed by atoms with van der Waals surface area (Å²) in [6.07, 6.45) is 3.68. The summed E-state index contributed by atoms with van der Waals surface area (Å²) in [5, 5.41) is 44.9. The van der Waals surface area contributed by atoms with E-state index < -0.39 is 14.9 Å². The number of hydrogen-bond acceptors (Lipinski definition) is 11. The zero-order valence-electron chi connectivity index (χ0n) is 19.5. The molecule has 1 fully saturated rings. The zero-order valence-corrected chi connectivity index (χ0v) is 19.5. The van der Waals surface area contributed by atoms with Crippen molar-refractivity contribution in [3.8, 4) is 0 Å². The topological polar surface area (TPSA) is 223 Å². The molecule has 0 radical (unpaired) electrons. The maximum Gasteiger partial charge on any atom is 0.270 e. The minimum absolute atomic E-state index is 0.0652. The van der Waals surface area contributed by atoms with E-state index in [-0.39, 0.29) is 11.4 Å². The van der Waals surface area contributed by atoms with Crippen LogP contribution in [0, 0.1) is 30.3 Å². The van der Waals surface area contributed by atoms with Crippen LogP contribution in [-0.2, 0) is 4.74 Å². The number of ether oxygens (including phenoxy) is 1. The Balaban J connectivity index is 0.000000202. The molecule has 0 unspecified atom stereocenters. The van der Waals surface area contributed by atoms with Crippen LogP contribution in [0.15, 0.2) is 42.6 Å². The third-order valence-electron chi connectivity index (χ3n) is 4.68. The molecule has 5 rings (SSSR count). The summed E-state index contributed by atoms with van der Waals surface area (Å²) < 4.78 is 4.94. The number of fused-ring (bicyclic) bond motifs is 2. The molecule has 2 aromatic heterocycles. The van der Waals surface area contributed by atoms with E-state index in [9.17, 15) is 30.3 Å². The van der Waals surface area contributed by atoms with E-state index >= 15 is 0 Å². The molecule has 1 aliphatic heterocycles. The number of hydrogen-bond donors (Lipinski definition) is 3. The highest BCUT2D eigenvalue weighted by Crippen LogP contribution is 2.24.